The first-order valence-corrected chi connectivity index (χ1v) is 5.47. The molecule has 1 aromatic heterocycles. The van der Waals surface area contributed by atoms with Gasteiger partial charge < -0.3 is 0 Å². The molecule has 2 aromatic rings. The molecule has 1 fully saturated rings. The third kappa shape index (κ3) is 1.65. The molecule has 3 nitrogen and oxygen atoms in total. The molecule has 1 aliphatic rings. The first kappa shape index (κ1) is 9.33. The summed E-state index contributed by atoms with van der Waals surface area (Å²) in [6.45, 7) is 0. The Morgan fingerprint density at radius 1 is 1.25 bits per heavy atom. The van der Waals surface area contributed by atoms with Crippen LogP contribution in [0.2, 0.25) is 0 Å². The highest BCUT2D eigenvalue weighted by Gasteiger charge is 2.24. The van der Waals surface area contributed by atoms with E-state index in [1.165, 1.54) is 18.4 Å². The van der Waals surface area contributed by atoms with Gasteiger partial charge in [0.25, 0.3) is 0 Å². The minimum absolute atomic E-state index is 0.693. The number of carbonyl (C=O) groups is 1. The van der Waals surface area contributed by atoms with Crippen molar-refractivity contribution >= 4 is 6.29 Å². The Bertz CT molecular complexity index is 509. The molecule has 3 heteroatoms. The SMILES string of the molecule is O=Cc1ccc(-n2cc(C3CC3)cn2)cc1. The largest absolute Gasteiger partial charge is 0.298 e. The van der Waals surface area contributed by atoms with E-state index in [1.54, 1.807) is 12.1 Å². The quantitative estimate of drug-likeness (QED) is 0.733. The van der Waals surface area contributed by atoms with Crippen molar-refractivity contribution in [2.45, 2.75) is 18.8 Å². The zero-order chi connectivity index (χ0) is 11.0. The maximum Gasteiger partial charge on any atom is 0.150 e. The zero-order valence-corrected chi connectivity index (χ0v) is 8.84. The van der Waals surface area contributed by atoms with Gasteiger partial charge in [0.05, 0.1) is 11.9 Å². The lowest BCUT2D eigenvalue weighted by Crippen LogP contribution is -1.94. The Morgan fingerprint density at radius 2 is 2.00 bits per heavy atom. The molecule has 1 heterocycles. The molecule has 0 unspecified atom stereocenters. The summed E-state index contributed by atoms with van der Waals surface area (Å²) in [5.74, 6) is 0.725. The summed E-state index contributed by atoms with van der Waals surface area (Å²) in [5, 5.41) is 4.33. The van der Waals surface area contributed by atoms with Crippen molar-refractivity contribution in [1.29, 1.82) is 0 Å². The Labute approximate surface area is 93.7 Å². The molecule has 0 radical (unpaired) electrons. The van der Waals surface area contributed by atoms with E-state index in [0.29, 0.717) is 5.56 Å². The van der Waals surface area contributed by atoms with E-state index in [0.717, 1.165) is 17.9 Å². The van der Waals surface area contributed by atoms with Gasteiger partial charge in [0.1, 0.15) is 6.29 Å². The van der Waals surface area contributed by atoms with Crippen molar-refractivity contribution in [3.63, 3.8) is 0 Å². The Morgan fingerprint density at radius 3 is 2.62 bits per heavy atom. The van der Waals surface area contributed by atoms with E-state index < -0.39 is 0 Å². The minimum Gasteiger partial charge on any atom is -0.298 e. The summed E-state index contributed by atoms with van der Waals surface area (Å²) in [5.41, 5.74) is 3.01. The molecular weight excluding hydrogens is 200 g/mol. The minimum atomic E-state index is 0.693. The second kappa shape index (κ2) is 3.59. The molecule has 16 heavy (non-hydrogen) atoms. The molecule has 1 saturated carbocycles. The first-order valence-electron chi connectivity index (χ1n) is 5.47. The van der Waals surface area contributed by atoms with Crippen molar-refractivity contribution < 1.29 is 4.79 Å². The van der Waals surface area contributed by atoms with E-state index in [1.807, 2.05) is 23.0 Å². The number of benzene rings is 1. The van der Waals surface area contributed by atoms with Crippen LogP contribution in [-0.4, -0.2) is 16.1 Å². The van der Waals surface area contributed by atoms with Crippen LogP contribution >= 0.6 is 0 Å². The molecule has 3 rings (SSSR count). The summed E-state index contributed by atoms with van der Waals surface area (Å²) in [6.07, 6.45) is 7.44. The summed E-state index contributed by atoms with van der Waals surface area (Å²) in [4.78, 5) is 10.5. The van der Waals surface area contributed by atoms with E-state index >= 15 is 0 Å². The zero-order valence-electron chi connectivity index (χ0n) is 8.84. The molecule has 0 saturated heterocycles. The van der Waals surface area contributed by atoms with Crippen LogP contribution in [0, 0.1) is 0 Å². The highest BCUT2D eigenvalue weighted by molar-refractivity contribution is 5.75. The van der Waals surface area contributed by atoms with E-state index in [4.69, 9.17) is 0 Å². The fourth-order valence-electron chi connectivity index (χ4n) is 1.81. The monoisotopic (exact) mass is 212 g/mol. The van der Waals surface area contributed by atoms with E-state index in [-0.39, 0.29) is 0 Å². The van der Waals surface area contributed by atoms with Gasteiger partial charge in [-0.3, -0.25) is 4.79 Å². The number of aromatic nitrogens is 2. The van der Waals surface area contributed by atoms with Gasteiger partial charge in [0, 0.05) is 11.8 Å². The Balaban J connectivity index is 1.91. The second-order valence-electron chi connectivity index (χ2n) is 4.20. The number of hydrogen-bond acceptors (Lipinski definition) is 2. The summed E-state index contributed by atoms with van der Waals surface area (Å²) >= 11 is 0. The Hall–Kier alpha value is -1.90. The standard InChI is InChI=1S/C13H12N2O/c16-9-10-1-5-13(6-2-10)15-8-12(7-14-15)11-3-4-11/h1-2,5-9,11H,3-4H2. The second-order valence-corrected chi connectivity index (χ2v) is 4.20. The van der Waals surface area contributed by atoms with Crippen molar-refractivity contribution in [2.75, 3.05) is 0 Å². The van der Waals surface area contributed by atoms with Gasteiger partial charge in [-0.1, -0.05) is 0 Å². The maximum atomic E-state index is 10.5. The van der Waals surface area contributed by atoms with Crippen LogP contribution in [0.1, 0.15) is 34.7 Å². The van der Waals surface area contributed by atoms with Gasteiger partial charge in [-0.05, 0) is 48.6 Å². The molecule has 80 valence electrons. The van der Waals surface area contributed by atoms with Crippen LogP contribution in [-0.2, 0) is 0 Å². The summed E-state index contributed by atoms with van der Waals surface area (Å²) in [7, 11) is 0. The highest BCUT2D eigenvalue weighted by atomic mass is 16.1. The van der Waals surface area contributed by atoms with Gasteiger partial charge in [-0.2, -0.15) is 5.10 Å². The van der Waals surface area contributed by atoms with Gasteiger partial charge in [0.2, 0.25) is 0 Å². The van der Waals surface area contributed by atoms with Crippen LogP contribution < -0.4 is 0 Å². The summed E-state index contributed by atoms with van der Waals surface area (Å²) < 4.78 is 1.86. The number of hydrogen-bond donors (Lipinski definition) is 0. The normalized spacial score (nSPS) is 15.0. The van der Waals surface area contributed by atoms with E-state index in [9.17, 15) is 4.79 Å². The molecule has 0 atom stereocenters. The van der Waals surface area contributed by atoms with Crippen LogP contribution in [0.5, 0.6) is 0 Å². The third-order valence-corrected chi connectivity index (χ3v) is 2.95. The van der Waals surface area contributed by atoms with E-state index in [2.05, 4.69) is 11.3 Å². The predicted octanol–water partition coefficient (Wildman–Crippen LogP) is 2.56. The lowest BCUT2D eigenvalue weighted by molar-refractivity contribution is 0.112. The van der Waals surface area contributed by atoms with Gasteiger partial charge in [-0.15, -0.1) is 0 Å². The molecule has 0 bridgehead atoms. The smallest absolute Gasteiger partial charge is 0.150 e. The van der Waals surface area contributed by atoms with Gasteiger partial charge >= 0.3 is 0 Å². The molecule has 1 aromatic carbocycles. The summed E-state index contributed by atoms with van der Waals surface area (Å²) in [6, 6.07) is 7.43. The maximum absolute atomic E-state index is 10.5. The molecule has 0 aliphatic heterocycles. The third-order valence-electron chi connectivity index (χ3n) is 2.95. The van der Waals surface area contributed by atoms with Crippen molar-refractivity contribution in [2.24, 2.45) is 0 Å². The lowest BCUT2D eigenvalue weighted by Gasteiger charge is -2.00. The molecular formula is C13H12N2O. The first-order chi connectivity index (χ1) is 7.86. The average molecular weight is 212 g/mol. The Kier molecular flexibility index (Phi) is 2.10. The van der Waals surface area contributed by atoms with Gasteiger partial charge in [0.15, 0.2) is 0 Å². The van der Waals surface area contributed by atoms with Crippen molar-refractivity contribution in [3.05, 3.63) is 47.8 Å². The van der Waals surface area contributed by atoms with Crippen LogP contribution in [0.4, 0.5) is 0 Å². The lowest BCUT2D eigenvalue weighted by atomic mass is 10.2. The number of aldehydes is 1. The van der Waals surface area contributed by atoms with Crippen LogP contribution in [0.15, 0.2) is 36.7 Å². The average Bonchev–Trinajstić information content (AvgIpc) is 3.08. The molecule has 1 aliphatic carbocycles. The van der Waals surface area contributed by atoms with Crippen molar-refractivity contribution in [1.82, 2.24) is 9.78 Å². The topological polar surface area (TPSA) is 34.9 Å². The fraction of sp³-hybridized carbons (Fsp3) is 0.231. The predicted molar refractivity (Wildman–Crippen MR) is 60.9 cm³/mol. The molecule has 0 N–H and O–H groups in total. The van der Waals surface area contributed by atoms with Crippen LogP contribution in [0.25, 0.3) is 5.69 Å². The van der Waals surface area contributed by atoms with Gasteiger partial charge in [-0.25, -0.2) is 4.68 Å². The van der Waals surface area contributed by atoms with Crippen LogP contribution in [0.3, 0.4) is 0 Å². The number of nitrogens with zero attached hydrogens (tertiary/aromatic N) is 2. The number of carbonyl (C=O) groups excluding carboxylic acids is 1. The molecule has 0 amide bonds. The number of rotatable bonds is 3. The fourth-order valence-corrected chi connectivity index (χ4v) is 1.81. The molecule has 0 spiro atoms. The van der Waals surface area contributed by atoms with Crippen molar-refractivity contribution in [3.8, 4) is 5.69 Å². The highest BCUT2D eigenvalue weighted by Crippen LogP contribution is 2.39.